The molecule has 112 valence electrons. The Kier molecular flexibility index (Phi) is 6.01. The van der Waals surface area contributed by atoms with Crippen molar-refractivity contribution in [1.82, 2.24) is 5.32 Å². The van der Waals surface area contributed by atoms with Gasteiger partial charge in [-0.3, -0.25) is 0 Å². The van der Waals surface area contributed by atoms with Crippen LogP contribution < -0.4 is 5.32 Å². The van der Waals surface area contributed by atoms with Crippen LogP contribution in [0.2, 0.25) is 0 Å². The van der Waals surface area contributed by atoms with E-state index in [2.05, 4.69) is 80.7 Å². The zero-order chi connectivity index (χ0) is 15.1. The summed E-state index contributed by atoms with van der Waals surface area (Å²) in [4.78, 5) is 0. The third-order valence-electron chi connectivity index (χ3n) is 3.76. The zero-order valence-electron chi connectivity index (χ0n) is 13.5. The van der Waals surface area contributed by atoms with Gasteiger partial charge in [-0.2, -0.15) is 0 Å². The molecule has 0 saturated heterocycles. The molecule has 1 atom stereocenters. The van der Waals surface area contributed by atoms with E-state index >= 15 is 0 Å². The van der Waals surface area contributed by atoms with Gasteiger partial charge >= 0.3 is 0 Å². The average molecular weight is 281 g/mol. The van der Waals surface area contributed by atoms with Gasteiger partial charge in [0.05, 0.1) is 0 Å². The Morgan fingerprint density at radius 3 is 2.00 bits per heavy atom. The van der Waals surface area contributed by atoms with E-state index in [1.807, 2.05) is 0 Å². The topological polar surface area (TPSA) is 12.0 Å². The molecule has 0 saturated carbocycles. The second kappa shape index (κ2) is 7.99. The first-order chi connectivity index (χ1) is 10.2. The van der Waals surface area contributed by atoms with Crippen molar-refractivity contribution in [1.29, 1.82) is 0 Å². The van der Waals surface area contributed by atoms with E-state index in [1.165, 1.54) is 16.7 Å². The Morgan fingerprint density at radius 1 is 0.810 bits per heavy atom. The summed E-state index contributed by atoms with van der Waals surface area (Å²) < 4.78 is 0. The Hall–Kier alpha value is -1.60. The highest BCUT2D eigenvalue weighted by Gasteiger charge is 2.11. The first kappa shape index (κ1) is 15.8. The van der Waals surface area contributed by atoms with Crippen LogP contribution in [-0.2, 0) is 12.8 Å². The van der Waals surface area contributed by atoms with Crippen molar-refractivity contribution in [2.75, 3.05) is 6.54 Å². The van der Waals surface area contributed by atoms with Gasteiger partial charge < -0.3 is 5.32 Å². The second-order valence-corrected chi connectivity index (χ2v) is 6.14. The Bertz CT molecular complexity index is 513. The largest absolute Gasteiger partial charge is 0.310 e. The van der Waals surface area contributed by atoms with Gasteiger partial charge in [0.2, 0.25) is 0 Å². The minimum Gasteiger partial charge on any atom is -0.310 e. The maximum absolute atomic E-state index is 3.61. The molecule has 1 heteroatoms. The molecule has 21 heavy (non-hydrogen) atoms. The van der Waals surface area contributed by atoms with Gasteiger partial charge in [-0.1, -0.05) is 75.4 Å². The summed E-state index contributed by atoms with van der Waals surface area (Å²) in [7, 11) is 0. The van der Waals surface area contributed by atoms with Crippen molar-refractivity contribution >= 4 is 0 Å². The zero-order valence-corrected chi connectivity index (χ0v) is 13.5. The molecule has 2 rings (SSSR count). The van der Waals surface area contributed by atoms with Gasteiger partial charge in [0, 0.05) is 6.04 Å². The average Bonchev–Trinajstić information content (AvgIpc) is 2.48. The third-order valence-corrected chi connectivity index (χ3v) is 3.76. The van der Waals surface area contributed by atoms with Crippen LogP contribution in [0.5, 0.6) is 0 Å². The fourth-order valence-corrected chi connectivity index (χ4v) is 2.76. The van der Waals surface area contributed by atoms with Crippen molar-refractivity contribution in [3.8, 4) is 0 Å². The Labute approximate surface area is 129 Å². The summed E-state index contributed by atoms with van der Waals surface area (Å²) in [5.41, 5.74) is 4.20. The minimum atomic E-state index is 0.394. The van der Waals surface area contributed by atoms with Crippen LogP contribution in [0.25, 0.3) is 0 Å². The monoisotopic (exact) mass is 281 g/mol. The molecule has 1 N–H and O–H groups in total. The molecule has 0 bridgehead atoms. The lowest BCUT2D eigenvalue weighted by atomic mass is 9.96. The molecule has 1 nitrogen and oxygen atoms in total. The van der Waals surface area contributed by atoms with Gasteiger partial charge in [0.15, 0.2) is 0 Å². The molecule has 0 radical (unpaired) electrons. The smallest absolute Gasteiger partial charge is 0.0360 e. The lowest BCUT2D eigenvalue weighted by Gasteiger charge is -2.19. The van der Waals surface area contributed by atoms with E-state index in [0.717, 1.165) is 19.4 Å². The number of likely N-dealkylation sites (N-methyl/N-ethyl adjacent to an activating group) is 1. The standard InChI is InChI=1S/C20H27N/c1-4-21-20(15-17-8-6-5-7-9-17)19-12-10-18(11-13-19)14-16(2)3/h5-13,16,20-21H,4,14-15H2,1-3H3. The van der Waals surface area contributed by atoms with E-state index < -0.39 is 0 Å². The normalized spacial score (nSPS) is 12.6. The van der Waals surface area contributed by atoms with E-state index in [0.29, 0.717) is 12.0 Å². The van der Waals surface area contributed by atoms with Crippen LogP contribution in [-0.4, -0.2) is 6.54 Å². The lowest BCUT2D eigenvalue weighted by Crippen LogP contribution is -2.23. The molecular weight excluding hydrogens is 254 g/mol. The van der Waals surface area contributed by atoms with E-state index in [-0.39, 0.29) is 0 Å². The predicted molar refractivity (Wildman–Crippen MR) is 91.5 cm³/mol. The number of hydrogen-bond acceptors (Lipinski definition) is 1. The molecule has 0 aliphatic rings. The SMILES string of the molecule is CCNC(Cc1ccccc1)c1ccc(CC(C)C)cc1. The summed E-state index contributed by atoms with van der Waals surface area (Å²) in [5, 5.41) is 3.61. The first-order valence-electron chi connectivity index (χ1n) is 8.05. The van der Waals surface area contributed by atoms with Gasteiger partial charge in [0.25, 0.3) is 0 Å². The highest BCUT2D eigenvalue weighted by molar-refractivity contribution is 5.27. The molecule has 0 heterocycles. The minimum absolute atomic E-state index is 0.394. The maximum atomic E-state index is 3.61. The molecule has 1 unspecified atom stereocenters. The van der Waals surface area contributed by atoms with Crippen molar-refractivity contribution in [3.63, 3.8) is 0 Å². The highest BCUT2D eigenvalue weighted by Crippen LogP contribution is 2.20. The van der Waals surface area contributed by atoms with Crippen LogP contribution in [0.15, 0.2) is 54.6 Å². The number of nitrogens with one attached hydrogen (secondary N) is 1. The van der Waals surface area contributed by atoms with Crippen LogP contribution in [0.4, 0.5) is 0 Å². The molecule has 0 amide bonds. The summed E-state index contributed by atoms with van der Waals surface area (Å²) in [6.45, 7) is 7.70. The Morgan fingerprint density at radius 2 is 1.43 bits per heavy atom. The molecular formula is C20H27N. The lowest BCUT2D eigenvalue weighted by molar-refractivity contribution is 0.549. The van der Waals surface area contributed by atoms with Gasteiger partial charge in [-0.15, -0.1) is 0 Å². The quantitative estimate of drug-likeness (QED) is 0.770. The van der Waals surface area contributed by atoms with E-state index in [9.17, 15) is 0 Å². The van der Waals surface area contributed by atoms with Crippen LogP contribution >= 0.6 is 0 Å². The molecule has 0 aromatic heterocycles. The summed E-state index contributed by atoms with van der Waals surface area (Å²) >= 11 is 0. The molecule has 2 aromatic rings. The molecule has 0 aliphatic carbocycles. The summed E-state index contributed by atoms with van der Waals surface area (Å²) in [6, 6.07) is 20.2. The Balaban J connectivity index is 2.10. The summed E-state index contributed by atoms with van der Waals surface area (Å²) in [6.07, 6.45) is 2.20. The van der Waals surface area contributed by atoms with Crippen molar-refractivity contribution in [2.45, 2.75) is 39.7 Å². The third kappa shape index (κ3) is 5.02. The number of hydrogen-bond donors (Lipinski definition) is 1. The molecule has 0 aliphatic heterocycles. The van der Waals surface area contributed by atoms with E-state index in [4.69, 9.17) is 0 Å². The van der Waals surface area contributed by atoms with Gasteiger partial charge in [-0.05, 0) is 42.0 Å². The molecule has 0 fully saturated rings. The van der Waals surface area contributed by atoms with Crippen molar-refractivity contribution < 1.29 is 0 Å². The molecule has 0 spiro atoms. The van der Waals surface area contributed by atoms with Gasteiger partial charge in [0.1, 0.15) is 0 Å². The predicted octanol–water partition coefficient (Wildman–Crippen LogP) is 4.78. The van der Waals surface area contributed by atoms with E-state index in [1.54, 1.807) is 0 Å². The molecule has 2 aromatic carbocycles. The second-order valence-electron chi connectivity index (χ2n) is 6.14. The van der Waals surface area contributed by atoms with Gasteiger partial charge in [-0.25, -0.2) is 0 Å². The van der Waals surface area contributed by atoms with Crippen LogP contribution in [0.1, 0.15) is 43.5 Å². The summed E-state index contributed by atoms with van der Waals surface area (Å²) in [5.74, 6) is 0.713. The highest BCUT2D eigenvalue weighted by atomic mass is 14.9. The van der Waals surface area contributed by atoms with Crippen LogP contribution in [0, 0.1) is 5.92 Å². The van der Waals surface area contributed by atoms with Crippen molar-refractivity contribution in [2.24, 2.45) is 5.92 Å². The fraction of sp³-hybridized carbons (Fsp3) is 0.400. The number of rotatable bonds is 7. The maximum Gasteiger partial charge on any atom is 0.0360 e. The van der Waals surface area contributed by atoms with Crippen LogP contribution in [0.3, 0.4) is 0 Å². The van der Waals surface area contributed by atoms with Crippen molar-refractivity contribution in [3.05, 3.63) is 71.3 Å². The fourth-order valence-electron chi connectivity index (χ4n) is 2.76. The number of benzene rings is 2. The first-order valence-corrected chi connectivity index (χ1v) is 8.05.